The van der Waals surface area contributed by atoms with E-state index in [9.17, 15) is 5.11 Å². The second kappa shape index (κ2) is 4.64. The van der Waals surface area contributed by atoms with Crippen molar-refractivity contribution >= 4 is 0 Å². The molecule has 0 saturated carbocycles. The third kappa shape index (κ3) is 11.5. The van der Waals surface area contributed by atoms with Crippen molar-refractivity contribution in [2.45, 2.75) is 40.2 Å². The predicted octanol–water partition coefficient (Wildman–Crippen LogP) is 1.40. The third-order valence-electron chi connectivity index (χ3n) is 1.23. The van der Waals surface area contributed by atoms with E-state index < -0.39 is 5.60 Å². The summed E-state index contributed by atoms with van der Waals surface area (Å²) in [5.41, 5.74) is -0.584. The van der Waals surface area contributed by atoms with Crippen molar-refractivity contribution in [1.82, 2.24) is 5.32 Å². The fourth-order valence-corrected chi connectivity index (χ4v) is 0.740. The van der Waals surface area contributed by atoms with Crippen molar-refractivity contribution in [1.29, 1.82) is 0 Å². The van der Waals surface area contributed by atoms with Gasteiger partial charge < -0.3 is 10.4 Å². The average molecular weight is 183 g/mol. The largest absolute Gasteiger partial charge is 0.389 e. The fourth-order valence-electron chi connectivity index (χ4n) is 0.740. The lowest BCUT2D eigenvalue weighted by molar-refractivity contribution is 0.0811. The van der Waals surface area contributed by atoms with Crippen LogP contribution in [0.25, 0.3) is 0 Å². The van der Waals surface area contributed by atoms with Gasteiger partial charge in [-0.3, -0.25) is 0 Å². The molecular weight excluding hydrogens is 162 g/mol. The van der Waals surface area contributed by atoms with Gasteiger partial charge >= 0.3 is 0 Å². The molecule has 0 fully saturated rings. The Bertz CT molecular complexity index is 197. The van der Waals surface area contributed by atoms with Crippen LogP contribution in [-0.2, 0) is 0 Å². The SMILES string of the molecule is CC(C)(C)C#CCNCC(C)(C)O. The molecule has 0 aromatic carbocycles. The van der Waals surface area contributed by atoms with Crippen molar-refractivity contribution in [3.63, 3.8) is 0 Å². The molecular formula is C11H21NO. The lowest BCUT2D eigenvalue weighted by Crippen LogP contribution is -2.34. The summed E-state index contributed by atoms with van der Waals surface area (Å²) in [6, 6.07) is 0. The van der Waals surface area contributed by atoms with E-state index >= 15 is 0 Å². The minimum atomic E-state index is -0.649. The van der Waals surface area contributed by atoms with Gasteiger partial charge in [0.1, 0.15) is 0 Å². The molecule has 0 aliphatic carbocycles. The van der Waals surface area contributed by atoms with Gasteiger partial charge in [-0.25, -0.2) is 0 Å². The van der Waals surface area contributed by atoms with Crippen LogP contribution in [0.15, 0.2) is 0 Å². The van der Waals surface area contributed by atoms with Crippen LogP contribution in [0, 0.1) is 17.3 Å². The summed E-state index contributed by atoms with van der Waals surface area (Å²) in [6.45, 7) is 11.0. The van der Waals surface area contributed by atoms with E-state index in [1.54, 1.807) is 13.8 Å². The van der Waals surface area contributed by atoms with Gasteiger partial charge in [-0.1, -0.05) is 11.8 Å². The summed E-state index contributed by atoms with van der Waals surface area (Å²) >= 11 is 0. The number of aliphatic hydroxyl groups is 1. The van der Waals surface area contributed by atoms with Gasteiger partial charge in [0.25, 0.3) is 0 Å². The Hall–Kier alpha value is -0.520. The Morgan fingerprint density at radius 1 is 1.15 bits per heavy atom. The predicted molar refractivity (Wildman–Crippen MR) is 56.4 cm³/mol. The van der Waals surface area contributed by atoms with Crippen molar-refractivity contribution < 1.29 is 5.11 Å². The zero-order valence-electron chi connectivity index (χ0n) is 9.36. The topological polar surface area (TPSA) is 32.3 Å². The molecule has 76 valence electrons. The van der Waals surface area contributed by atoms with Crippen molar-refractivity contribution in [3.05, 3.63) is 0 Å². The van der Waals surface area contributed by atoms with Crippen LogP contribution < -0.4 is 5.32 Å². The monoisotopic (exact) mass is 183 g/mol. The Morgan fingerprint density at radius 2 is 1.69 bits per heavy atom. The summed E-state index contributed by atoms with van der Waals surface area (Å²) in [7, 11) is 0. The minimum absolute atomic E-state index is 0.0659. The average Bonchev–Trinajstić information content (AvgIpc) is 1.81. The fraction of sp³-hybridized carbons (Fsp3) is 0.818. The Labute approximate surface area is 81.7 Å². The molecule has 0 bridgehead atoms. The van der Waals surface area contributed by atoms with Gasteiger partial charge in [0.15, 0.2) is 0 Å². The molecule has 0 amide bonds. The molecule has 0 aromatic heterocycles. The van der Waals surface area contributed by atoms with Crippen LogP contribution in [0.3, 0.4) is 0 Å². The highest BCUT2D eigenvalue weighted by Gasteiger charge is 2.10. The highest BCUT2D eigenvalue weighted by atomic mass is 16.3. The summed E-state index contributed by atoms with van der Waals surface area (Å²) < 4.78 is 0. The van der Waals surface area contributed by atoms with Gasteiger partial charge in [-0.05, 0) is 34.6 Å². The third-order valence-corrected chi connectivity index (χ3v) is 1.23. The summed E-state index contributed by atoms with van der Waals surface area (Å²) in [4.78, 5) is 0. The minimum Gasteiger partial charge on any atom is -0.389 e. The number of hydrogen-bond acceptors (Lipinski definition) is 2. The van der Waals surface area contributed by atoms with Crippen molar-refractivity contribution in [2.75, 3.05) is 13.1 Å². The first kappa shape index (κ1) is 12.5. The number of nitrogens with one attached hydrogen (secondary N) is 1. The van der Waals surface area contributed by atoms with Gasteiger partial charge in [0.2, 0.25) is 0 Å². The summed E-state index contributed by atoms with van der Waals surface area (Å²) in [5, 5.41) is 12.4. The van der Waals surface area contributed by atoms with Crippen LogP contribution in [0.1, 0.15) is 34.6 Å². The second-order valence-electron chi connectivity index (χ2n) is 4.97. The highest BCUT2D eigenvalue weighted by molar-refractivity contribution is 5.08. The van der Waals surface area contributed by atoms with Gasteiger partial charge in [-0.2, -0.15) is 0 Å². The van der Waals surface area contributed by atoms with Gasteiger partial charge in [0.05, 0.1) is 12.1 Å². The lowest BCUT2D eigenvalue weighted by Gasteiger charge is -2.16. The molecule has 0 saturated heterocycles. The first-order valence-corrected chi connectivity index (χ1v) is 4.64. The van der Waals surface area contributed by atoms with E-state index in [1.807, 2.05) is 0 Å². The van der Waals surface area contributed by atoms with Crippen LogP contribution in [0.4, 0.5) is 0 Å². The molecule has 0 rings (SSSR count). The Balaban J connectivity index is 3.62. The second-order valence-corrected chi connectivity index (χ2v) is 4.97. The standard InChI is InChI=1S/C11H21NO/c1-10(2,3)7-6-8-12-9-11(4,5)13/h12-13H,8-9H2,1-5H3. The maximum Gasteiger partial charge on any atom is 0.0715 e. The summed E-state index contributed by atoms with van der Waals surface area (Å²) in [5.74, 6) is 6.14. The number of hydrogen-bond donors (Lipinski definition) is 2. The summed E-state index contributed by atoms with van der Waals surface area (Å²) in [6.07, 6.45) is 0. The maximum absolute atomic E-state index is 9.37. The van der Waals surface area contributed by atoms with E-state index in [-0.39, 0.29) is 5.41 Å². The zero-order chi connectivity index (χ0) is 10.5. The van der Waals surface area contributed by atoms with E-state index in [4.69, 9.17) is 0 Å². The zero-order valence-corrected chi connectivity index (χ0v) is 9.36. The molecule has 0 unspecified atom stereocenters. The molecule has 0 aliphatic heterocycles. The van der Waals surface area contributed by atoms with E-state index in [2.05, 4.69) is 37.9 Å². The maximum atomic E-state index is 9.37. The normalized spacial score (nSPS) is 12.2. The van der Waals surface area contributed by atoms with Crippen LogP contribution >= 0.6 is 0 Å². The molecule has 2 heteroatoms. The molecule has 0 spiro atoms. The van der Waals surface area contributed by atoms with E-state index in [0.717, 1.165) is 0 Å². The first-order valence-electron chi connectivity index (χ1n) is 4.64. The Morgan fingerprint density at radius 3 is 2.08 bits per heavy atom. The smallest absolute Gasteiger partial charge is 0.0715 e. The molecule has 0 aliphatic rings. The van der Waals surface area contributed by atoms with Crippen LogP contribution in [0.5, 0.6) is 0 Å². The molecule has 13 heavy (non-hydrogen) atoms. The lowest BCUT2D eigenvalue weighted by atomic mass is 9.98. The van der Waals surface area contributed by atoms with E-state index in [0.29, 0.717) is 13.1 Å². The molecule has 2 nitrogen and oxygen atoms in total. The highest BCUT2D eigenvalue weighted by Crippen LogP contribution is 2.09. The number of rotatable bonds is 3. The van der Waals surface area contributed by atoms with Crippen molar-refractivity contribution in [3.8, 4) is 11.8 Å². The first-order chi connectivity index (χ1) is 5.71. The molecule has 0 heterocycles. The van der Waals surface area contributed by atoms with Crippen molar-refractivity contribution in [2.24, 2.45) is 5.41 Å². The van der Waals surface area contributed by atoms with Crippen LogP contribution in [0.2, 0.25) is 0 Å². The molecule has 0 aromatic rings. The quantitative estimate of drug-likeness (QED) is 0.512. The van der Waals surface area contributed by atoms with E-state index in [1.165, 1.54) is 0 Å². The van der Waals surface area contributed by atoms with Crippen LogP contribution in [-0.4, -0.2) is 23.8 Å². The Kier molecular flexibility index (Phi) is 4.46. The molecule has 2 N–H and O–H groups in total. The van der Waals surface area contributed by atoms with Gasteiger partial charge in [-0.15, -0.1) is 0 Å². The van der Waals surface area contributed by atoms with Gasteiger partial charge in [0, 0.05) is 12.0 Å². The molecule has 0 radical (unpaired) electrons. The molecule has 0 atom stereocenters.